The van der Waals surface area contributed by atoms with E-state index in [1.54, 1.807) is 0 Å². The highest BCUT2D eigenvalue weighted by Crippen LogP contribution is 2.56. The molecule has 0 saturated heterocycles. The summed E-state index contributed by atoms with van der Waals surface area (Å²) in [5.74, 6) is 5.93. The molecule has 0 aliphatic heterocycles. The third-order valence-electron chi connectivity index (χ3n) is 30.1. The second-order valence-electron chi connectivity index (χ2n) is 39.7. The van der Waals surface area contributed by atoms with E-state index in [4.69, 9.17) is 44.9 Å². The molecule has 0 saturated carbocycles. The standard InChI is InChI=1S/C46H31N3.C46H33N3.C44H31N3/c1-46(2)41-21-10-9-19-37(41)38-25-22-30-26-31(23-24-34(30)42(38)46)43-47-44(39-20-11-14-28-12-3-5-15-32(28)39)49-45(48-43)40-27-29-13-4-6-16-33(29)35-17-7-8-18-36(35)40;1-46(2)40-26-12-11-23-36(40)37-28-27-32-19-14-25-39(41(32)42(37)46)45-48-43(34-21-13-20-33(29-34)30-15-5-3-6-16-30)47-44(49-45)38-24-10-9-22-35(38)31-17-7-4-8-18-31;1-44(2)39-19-11-10-17-35(39)36-25-24-30-21-23-33(27-38(30)40(36)44)42-45-41(32-22-20-28-12-6-7-15-31(28)26-32)46-43(47-42)37-18-9-8-16-34(37)29-13-4-3-5-14-29/h3-27H,1-2H3;3-29H,1-2H3;3-27H,1-2H3. The molecule has 0 unspecified atom stereocenters. The van der Waals surface area contributed by atoms with Crippen molar-refractivity contribution in [2.45, 2.75) is 57.8 Å². The fourth-order valence-corrected chi connectivity index (χ4v) is 23.2. The molecule has 0 amide bonds. The van der Waals surface area contributed by atoms with Crippen LogP contribution in [-0.2, 0) is 16.2 Å². The van der Waals surface area contributed by atoms with Gasteiger partial charge >= 0.3 is 0 Å². The SMILES string of the molecule is CC1(C)c2ccccc2-c2ccc3cc(-c4nc(-c5cccc6ccccc56)nc(-c5cc6ccccc6c6ccccc56)n4)ccc3c21.CC1(C)c2ccccc2-c2ccc3ccc(-c4nc(-c5ccc6ccccc6c5)nc(-c5ccccc5-c5ccccc5)n4)cc3c21.CC1(C)c2ccccc2-c2ccc3cccc(-c4nc(-c5cccc(-c6ccccc6)c5)nc(-c5ccccc5-c5ccccc5)n4)c3c21. The van der Waals surface area contributed by atoms with Gasteiger partial charge < -0.3 is 0 Å². The smallest absolute Gasteiger partial charge is 0.164 e. The van der Waals surface area contributed by atoms with E-state index in [9.17, 15) is 0 Å². The Bertz CT molecular complexity index is 9550. The summed E-state index contributed by atoms with van der Waals surface area (Å²) < 4.78 is 0. The highest BCUT2D eigenvalue weighted by molar-refractivity contribution is 6.14. The fourth-order valence-electron chi connectivity index (χ4n) is 23.2. The van der Waals surface area contributed by atoms with Crippen LogP contribution < -0.4 is 0 Å². The molecule has 3 aromatic heterocycles. The van der Waals surface area contributed by atoms with Crippen molar-refractivity contribution in [3.05, 3.63) is 500 Å². The Balaban J connectivity index is 0.000000111. The van der Waals surface area contributed by atoms with Gasteiger partial charge in [-0.05, 0) is 206 Å². The average Bonchev–Trinajstić information content (AvgIpc) is 1.57. The number of hydrogen-bond donors (Lipinski definition) is 0. The zero-order valence-corrected chi connectivity index (χ0v) is 81.0. The van der Waals surface area contributed by atoms with Gasteiger partial charge in [-0.15, -0.1) is 0 Å². The maximum Gasteiger partial charge on any atom is 0.164 e. The lowest BCUT2D eigenvalue weighted by atomic mass is 9.79. The van der Waals surface area contributed by atoms with Crippen molar-refractivity contribution in [2.75, 3.05) is 0 Å². The van der Waals surface area contributed by atoms with Crippen molar-refractivity contribution in [1.82, 2.24) is 44.9 Å². The maximum atomic E-state index is 5.32. The van der Waals surface area contributed by atoms with E-state index in [0.717, 1.165) is 110 Å². The number of fused-ring (bicyclic) bond motifs is 20. The summed E-state index contributed by atoms with van der Waals surface area (Å²) in [6.45, 7) is 14.0. The minimum absolute atomic E-state index is 0.0913. The highest BCUT2D eigenvalue weighted by atomic mass is 15.1. The molecular formula is C136H95N9. The molecule has 0 radical (unpaired) electrons. The number of benzene rings is 22. The molecule has 0 fully saturated rings. The van der Waals surface area contributed by atoms with E-state index in [-0.39, 0.29) is 16.2 Å². The fraction of sp³-hybridized carbons (Fsp3) is 0.0662. The van der Waals surface area contributed by atoms with Gasteiger partial charge in [0.15, 0.2) is 52.4 Å². The third kappa shape index (κ3) is 15.1. The summed E-state index contributed by atoms with van der Waals surface area (Å²) in [7, 11) is 0. The summed E-state index contributed by atoms with van der Waals surface area (Å²) in [5.41, 5.74) is 31.1. The molecule has 0 atom stereocenters. The van der Waals surface area contributed by atoms with Crippen LogP contribution in [0.5, 0.6) is 0 Å². The largest absolute Gasteiger partial charge is 0.208 e. The van der Waals surface area contributed by atoms with Gasteiger partial charge in [-0.1, -0.05) is 478 Å². The molecule has 28 rings (SSSR count). The first-order valence-electron chi connectivity index (χ1n) is 49.8. The van der Waals surface area contributed by atoms with E-state index >= 15 is 0 Å². The Kier molecular flexibility index (Phi) is 21.1. The van der Waals surface area contributed by atoms with Crippen molar-refractivity contribution >= 4 is 75.4 Å². The number of aromatic nitrogens is 9. The van der Waals surface area contributed by atoms with E-state index in [2.05, 4.69) is 490 Å². The zero-order chi connectivity index (χ0) is 97.2. The van der Waals surface area contributed by atoms with Crippen LogP contribution in [0.3, 0.4) is 0 Å². The van der Waals surface area contributed by atoms with Crippen LogP contribution in [0.4, 0.5) is 0 Å². The van der Waals surface area contributed by atoms with Crippen molar-refractivity contribution in [1.29, 1.82) is 0 Å². The Labute approximate surface area is 841 Å². The molecule has 0 spiro atoms. The van der Waals surface area contributed by atoms with Crippen LogP contribution in [0.15, 0.2) is 467 Å². The van der Waals surface area contributed by atoms with Crippen LogP contribution in [0.2, 0.25) is 0 Å². The van der Waals surface area contributed by atoms with Crippen LogP contribution in [0, 0.1) is 0 Å². The topological polar surface area (TPSA) is 116 Å². The molecule has 3 heterocycles. The molecule has 9 heteroatoms. The molecule has 0 bridgehead atoms. The molecular weight excluding hydrogens is 1760 g/mol. The zero-order valence-electron chi connectivity index (χ0n) is 81.0. The highest BCUT2D eigenvalue weighted by Gasteiger charge is 2.41. The maximum absolute atomic E-state index is 5.32. The van der Waals surface area contributed by atoms with Crippen LogP contribution in [0.1, 0.15) is 74.9 Å². The van der Waals surface area contributed by atoms with Gasteiger partial charge in [-0.3, -0.25) is 0 Å². The minimum atomic E-state index is -0.190. The third-order valence-corrected chi connectivity index (χ3v) is 30.1. The van der Waals surface area contributed by atoms with Crippen LogP contribution in [0.25, 0.3) is 245 Å². The van der Waals surface area contributed by atoms with Gasteiger partial charge in [-0.2, -0.15) is 0 Å². The number of hydrogen-bond acceptors (Lipinski definition) is 9. The molecule has 684 valence electrons. The Hall–Kier alpha value is -18.3. The van der Waals surface area contributed by atoms with Crippen LogP contribution in [-0.4, -0.2) is 44.9 Å². The molecule has 3 aliphatic rings. The van der Waals surface area contributed by atoms with Gasteiger partial charge in [0.05, 0.1) is 0 Å². The quantitative estimate of drug-likeness (QED) is 0.110. The first-order valence-corrected chi connectivity index (χ1v) is 49.8. The van der Waals surface area contributed by atoms with E-state index in [1.807, 2.05) is 18.2 Å². The predicted molar refractivity (Wildman–Crippen MR) is 600 cm³/mol. The Morgan fingerprint density at radius 1 is 0.131 bits per heavy atom. The molecule has 9 nitrogen and oxygen atoms in total. The van der Waals surface area contributed by atoms with E-state index < -0.39 is 0 Å². The van der Waals surface area contributed by atoms with Gasteiger partial charge in [-0.25, -0.2) is 44.9 Å². The second-order valence-corrected chi connectivity index (χ2v) is 39.7. The van der Waals surface area contributed by atoms with Crippen LogP contribution >= 0.6 is 0 Å². The Morgan fingerprint density at radius 3 is 1.03 bits per heavy atom. The van der Waals surface area contributed by atoms with E-state index in [1.165, 1.54) is 115 Å². The summed E-state index contributed by atoms with van der Waals surface area (Å²) in [6, 6.07) is 165. The summed E-state index contributed by atoms with van der Waals surface area (Å²) in [5, 5.41) is 16.6. The number of nitrogens with zero attached hydrogens (tertiary/aromatic N) is 9. The van der Waals surface area contributed by atoms with Gasteiger partial charge in [0, 0.05) is 66.3 Å². The summed E-state index contributed by atoms with van der Waals surface area (Å²) in [4.78, 5) is 47.0. The van der Waals surface area contributed by atoms with Crippen molar-refractivity contribution in [3.63, 3.8) is 0 Å². The van der Waals surface area contributed by atoms with Gasteiger partial charge in [0.1, 0.15) is 0 Å². The first-order chi connectivity index (χ1) is 71.1. The minimum Gasteiger partial charge on any atom is -0.208 e. The normalized spacial score (nSPS) is 13.1. The average molecular weight is 1860 g/mol. The molecule has 145 heavy (non-hydrogen) atoms. The monoisotopic (exact) mass is 1850 g/mol. The van der Waals surface area contributed by atoms with Crippen molar-refractivity contribution in [2.24, 2.45) is 0 Å². The lowest BCUT2D eigenvalue weighted by Gasteiger charge is -2.24. The van der Waals surface area contributed by atoms with Crippen molar-refractivity contribution in [3.8, 4) is 169 Å². The molecule has 22 aromatic carbocycles. The first kappa shape index (κ1) is 87.0. The predicted octanol–water partition coefficient (Wildman–Crippen LogP) is 34.6. The molecule has 3 aliphatic carbocycles. The lowest BCUT2D eigenvalue weighted by Crippen LogP contribution is -2.16. The molecule has 0 N–H and O–H groups in total. The second kappa shape index (κ2) is 35.2. The van der Waals surface area contributed by atoms with Gasteiger partial charge in [0.2, 0.25) is 0 Å². The molecule has 25 aromatic rings. The summed E-state index contributed by atoms with van der Waals surface area (Å²) in [6.07, 6.45) is 0. The Morgan fingerprint density at radius 2 is 0.448 bits per heavy atom. The van der Waals surface area contributed by atoms with E-state index in [0.29, 0.717) is 52.4 Å². The summed E-state index contributed by atoms with van der Waals surface area (Å²) >= 11 is 0. The van der Waals surface area contributed by atoms with Crippen molar-refractivity contribution < 1.29 is 0 Å². The lowest BCUT2D eigenvalue weighted by molar-refractivity contribution is 0.666. The van der Waals surface area contributed by atoms with Gasteiger partial charge in [0.25, 0.3) is 0 Å². The number of rotatable bonds is 12.